The molecule has 0 saturated carbocycles. The fourth-order valence-corrected chi connectivity index (χ4v) is 4.16. The van der Waals surface area contributed by atoms with Gasteiger partial charge in [0.1, 0.15) is 6.04 Å². The number of aryl methyl sites for hydroxylation is 3. The Morgan fingerprint density at radius 2 is 1.75 bits per heavy atom. The molecule has 1 fully saturated rings. The van der Waals surface area contributed by atoms with E-state index in [1.165, 1.54) is 0 Å². The molecule has 28 heavy (non-hydrogen) atoms. The SMILES string of the molecule is Cc1ccc(N2C(=O)[C@H](c3c(C)nn(-c4ccccc4)c3C)NC2=S)c(C)c1. The number of aromatic nitrogens is 2. The molecule has 5 nitrogen and oxygen atoms in total. The van der Waals surface area contributed by atoms with Gasteiger partial charge in [-0.25, -0.2) is 4.68 Å². The van der Waals surface area contributed by atoms with Crippen molar-refractivity contribution in [3.8, 4) is 5.69 Å². The maximum atomic E-state index is 13.3. The second-order valence-electron chi connectivity index (χ2n) is 7.18. The van der Waals surface area contributed by atoms with Gasteiger partial charge in [-0.1, -0.05) is 35.9 Å². The zero-order valence-corrected chi connectivity index (χ0v) is 17.2. The first-order chi connectivity index (χ1) is 13.4. The summed E-state index contributed by atoms with van der Waals surface area (Å²) < 4.78 is 1.88. The minimum Gasteiger partial charge on any atom is -0.346 e. The number of carbonyl (C=O) groups is 1. The van der Waals surface area contributed by atoms with Crippen molar-refractivity contribution in [2.75, 3.05) is 4.90 Å². The molecule has 0 spiro atoms. The monoisotopic (exact) mass is 390 g/mol. The highest BCUT2D eigenvalue weighted by Crippen LogP contribution is 2.33. The molecular weight excluding hydrogens is 368 g/mol. The molecule has 1 aliphatic heterocycles. The lowest BCUT2D eigenvalue weighted by molar-refractivity contribution is -0.118. The lowest BCUT2D eigenvalue weighted by Crippen LogP contribution is -2.31. The van der Waals surface area contributed by atoms with E-state index in [1.807, 2.05) is 74.8 Å². The lowest BCUT2D eigenvalue weighted by atomic mass is 10.0. The molecule has 2 aromatic carbocycles. The van der Waals surface area contributed by atoms with Gasteiger partial charge in [0.15, 0.2) is 5.11 Å². The number of amides is 1. The molecule has 0 unspecified atom stereocenters. The van der Waals surface area contributed by atoms with Gasteiger partial charge in [0.25, 0.3) is 5.91 Å². The number of nitrogens with zero attached hydrogens (tertiary/aromatic N) is 3. The Morgan fingerprint density at radius 1 is 1.04 bits per heavy atom. The van der Waals surface area contributed by atoms with Crippen LogP contribution in [0.4, 0.5) is 5.69 Å². The van der Waals surface area contributed by atoms with Gasteiger partial charge < -0.3 is 5.32 Å². The van der Waals surface area contributed by atoms with Crippen LogP contribution < -0.4 is 10.2 Å². The number of carbonyl (C=O) groups excluding carboxylic acids is 1. The summed E-state index contributed by atoms with van der Waals surface area (Å²) in [4.78, 5) is 14.9. The summed E-state index contributed by atoms with van der Waals surface area (Å²) in [6, 6.07) is 15.4. The predicted molar refractivity (Wildman–Crippen MR) is 115 cm³/mol. The van der Waals surface area contributed by atoms with Crippen LogP contribution >= 0.6 is 12.2 Å². The standard InChI is InChI=1S/C22H22N4OS/c1-13-10-11-18(14(2)12-13)25-21(27)20(23-22(25)28)19-15(3)24-26(16(19)4)17-8-6-5-7-9-17/h5-12,20H,1-4H3,(H,23,28)/t20-/m0/s1. The van der Waals surface area contributed by atoms with Crippen molar-refractivity contribution in [1.29, 1.82) is 0 Å². The van der Waals surface area contributed by atoms with Gasteiger partial charge in [-0.15, -0.1) is 0 Å². The summed E-state index contributed by atoms with van der Waals surface area (Å²) in [7, 11) is 0. The van der Waals surface area contributed by atoms with Gasteiger partial charge in [-0.2, -0.15) is 5.10 Å². The van der Waals surface area contributed by atoms with Crippen molar-refractivity contribution in [3.63, 3.8) is 0 Å². The average Bonchev–Trinajstić information content (AvgIpc) is 3.11. The molecule has 1 saturated heterocycles. The fourth-order valence-electron chi connectivity index (χ4n) is 3.85. The maximum absolute atomic E-state index is 13.3. The number of hydrogen-bond acceptors (Lipinski definition) is 3. The second kappa shape index (κ2) is 6.87. The highest BCUT2D eigenvalue weighted by atomic mass is 32.1. The van der Waals surface area contributed by atoms with E-state index in [0.29, 0.717) is 5.11 Å². The molecule has 1 amide bonds. The quantitative estimate of drug-likeness (QED) is 0.685. The molecule has 2 heterocycles. The van der Waals surface area contributed by atoms with Crippen LogP contribution in [0.1, 0.15) is 34.1 Å². The van der Waals surface area contributed by atoms with Crippen LogP contribution in [0.15, 0.2) is 48.5 Å². The van der Waals surface area contributed by atoms with Crippen molar-refractivity contribution in [1.82, 2.24) is 15.1 Å². The number of benzene rings is 2. The van der Waals surface area contributed by atoms with E-state index < -0.39 is 6.04 Å². The molecule has 0 radical (unpaired) electrons. The number of para-hydroxylation sites is 1. The lowest BCUT2D eigenvalue weighted by Gasteiger charge is -2.18. The summed E-state index contributed by atoms with van der Waals surface area (Å²) in [6.07, 6.45) is 0. The van der Waals surface area contributed by atoms with Crippen LogP contribution in [0.25, 0.3) is 5.69 Å². The van der Waals surface area contributed by atoms with Gasteiger partial charge in [0.05, 0.1) is 17.1 Å². The Hall–Kier alpha value is -2.99. The van der Waals surface area contributed by atoms with Gasteiger partial charge in [-0.3, -0.25) is 9.69 Å². The molecule has 1 aliphatic rings. The number of hydrogen-bond donors (Lipinski definition) is 1. The Morgan fingerprint density at radius 3 is 2.43 bits per heavy atom. The third-order valence-electron chi connectivity index (χ3n) is 5.17. The average molecular weight is 391 g/mol. The molecule has 3 aromatic rings. The van der Waals surface area contributed by atoms with Crippen LogP contribution in [0.5, 0.6) is 0 Å². The second-order valence-corrected chi connectivity index (χ2v) is 7.56. The molecular formula is C22H22N4OS. The largest absolute Gasteiger partial charge is 0.346 e. The Labute approximate surface area is 170 Å². The summed E-state index contributed by atoms with van der Waals surface area (Å²) in [5.74, 6) is -0.0734. The maximum Gasteiger partial charge on any atom is 0.260 e. The van der Waals surface area contributed by atoms with Gasteiger partial charge in [-0.05, 0) is 63.7 Å². The van der Waals surface area contributed by atoms with Crippen molar-refractivity contribution in [2.45, 2.75) is 33.7 Å². The van der Waals surface area contributed by atoms with Crippen LogP contribution in [0, 0.1) is 27.7 Å². The van der Waals surface area contributed by atoms with Crippen molar-refractivity contribution >= 4 is 28.9 Å². The summed E-state index contributed by atoms with van der Waals surface area (Å²) in [6.45, 7) is 7.95. The molecule has 1 atom stereocenters. The highest BCUT2D eigenvalue weighted by Gasteiger charge is 2.40. The van der Waals surface area contributed by atoms with E-state index in [1.54, 1.807) is 4.90 Å². The number of anilines is 1. The van der Waals surface area contributed by atoms with E-state index in [2.05, 4.69) is 16.5 Å². The van der Waals surface area contributed by atoms with Crippen LogP contribution in [0.2, 0.25) is 0 Å². The molecule has 0 aliphatic carbocycles. The normalized spacial score (nSPS) is 16.6. The highest BCUT2D eigenvalue weighted by molar-refractivity contribution is 7.80. The van der Waals surface area contributed by atoms with E-state index >= 15 is 0 Å². The Bertz CT molecular complexity index is 1090. The molecule has 6 heteroatoms. The Balaban J connectivity index is 1.75. The first-order valence-electron chi connectivity index (χ1n) is 9.21. The van der Waals surface area contributed by atoms with E-state index in [-0.39, 0.29) is 5.91 Å². The third-order valence-corrected chi connectivity index (χ3v) is 5.47. The zero-order chi connectivity index (χ0) is 20.0. The number of nitrogens with one attached hydrogen (secondary N) is 1. The molecule has 1 aromatic heterocycles. The van der Waals surface area contributed by atoms with Gasteiger partial charge >= 0.3 is 0 Å². The van der Waals surface area contributed by atoms with Gasteiger partial charge in [0, 0.05) is 11.3 Å². The molecule has 142 valence electrons. The summed E-state index contributed by atoms with van der Waals surface area (Å²) in [5, 5.41) is 8.31. The van der Waals surface area contributed by atoms with E-state index in [0.717, 1.165) is 39.5 Å². The first kappa shape index (κ1) is 18.4. The Kier molecular flexibility index (Phi) is 4.51. The predicted octanol–water partition coefficient (Wildman–Crippen LogP) is 4.07. The minimum absolute atomic E-state index is 0.0734. The third kappa shape index (κ3) is 2.90. The van der Waals surface area contributed by atoms with Crippen LogP contribution in [0.3, 0.4) is 0 Å². The molecule has 4 rings (SSSR count). The summed E-state index contributed by atoms with van der Waals surface area (Å²) in [5.41, 5.74) is 6.58. The van der Waals surface area contributed by atoms with E-state index in [9.17, 15) is 4.79 Å². The zero-order valence-electron chi connectivity index (χ0n) is 16.4. The van der Waals surface area contributed by atoms with Crippen molar-refractivity contribution in [2.24, 2.45) is 0 Å². The topological polar surface area (TPSA) is 50.2 Å². The fraction of sp³-hybridized carbons (Fsp3) is 0.227. The van der Waals surface area contributed by atoms with E-state index in [4.69, 9.17) is 12.2 Å². The number of rotatable bonds is 3. The minimum atomic E-state index is -0.536. The first-order valence-corrected chi connectivity index (χ1v) is 9.62. The number of thiocarbonyl (C=S) groups is 1. The molecule has 0 bridgehead atoms. The van der Waals surface area contributed by atoms with Crippen LogP contribution in [-0.2, 0) is 4.79 Å². The van der Waals surface area contributed by atoms with Crippen molar-refractivity contribution in [3.05, 3.63) is 76.6 Å². The summed E-state index contributed by atoms with van der Waals surface area (Å²) >= 11 is 5.52. The van der Waals surface area contributed by atoms with Crippen LogP contribution in [-0.4, -0.2) is 20.8 Å². The smallest absolute Gasteiger partial charge is 0.260 e. The van der Waals surface area contributed by atoms with Gasteiger partial charge in [0.2, 0.25) is 0 Å². The molecule has 1 N–H and O–H groups in total. The van der Waals surface area contributed by atoms with Crippen molar-refractivity contribution < 1.29 is 4.79 Å².